The molecule has 2 heterocycles. The summed E-state index contributed by atoms with van der Waals surface area (Å²) in [6.45, 7) is 5.50. The van der Waals surface area contributed by atoms with Crippen molar-refractivity contribution >= 4 is 34.7 Å². The van der Waals surface area contributed by atoms with Gasteiger partial charge in [-0.15, -0.1) is 0 Å². The predicted octanol–water partition coefficient (Wildman–Crippen LogP) is 4.63. The largest absolute Gasteiger partial charge is 0.480 e. The Morgan fingerprint density at radius 2 is 1.66 bits per heavy atom. The first-order valence-electron chi connectivity index (χ1n) is 11.3. The highest BCUT2D eigenvalue weighted by molar-refractivity contribution is 6.02. The number of aliphatic carboxylic acids is 1. The van der Waals surface area contributed by atoms with Gasteiger partial charge in [0.1, 0.15) is 17.6 Å². The molecule has 0 aliphatic carbocycles. The minimum absolute atomic E-state index is 0.293. The number of aryl methyl sites for hydroxylation is 2. The van der Waals surface area contributed by atoms with Crippen LogP contribution in [0, 0.1) is 13.8 Å². The van der Waals surface area contributed by atoms with Gasteiger partial charge in [-0.25, -0.2) is 4.98 Å². The van der Waals surface area contributed by atoms with E-state index in [1.165, 1.54) is 6.92 Å². The third kappa shape index (κ3) is 4.68. The van der Waals surface area contributed by atoms with Crippen LogP contribution >= 0.6 is 0 Å². The molecule has 0 aliphatic rings. The summed E-state index contributed by atoms with van der Waals surface area (Å²) in [7, 11) is 3.97. The van der Waals surface area contributed by atoms with Crippen molar-refractivity contribution in [3.05, 3.63) is 77.5 Å². The first-order valence-corrected chi connectivity index (χ1v) is 11.3. The van der Waals surface area contributed by atoms with Crippen molar-refractivity contribution in [2.75, 3.05) is 24.3 Å². The Bertz CT molecular complexity index is 1390. The molecule has 0 bridgehead atoms. The van der Waals surface area contributed by atoms with E-state index >= 15 is 0 Å². The van der Waals surface area contributed by atoms with Crippen LogP contribution in [0.3, 0.4) is 0 Å². The topological polar surface area (TPSA) is 99.0 Å². The number of carboxylic acid groups (broad SMARTS) is 1. The van der Waals surface area contributed by atoms with E-state index in [9.17, 15) is 14.7 Å². The highest BCUT2D eigenvalue weighted by Gasteiger charge is 2.22. The van der Waals surface area contributed by atoms with Gasteiger partial charge in [-0.2, -0.15) is 0 Å². The minimum atomic E-state index is -1.10. The number of benzene rings is 2. The number of amides is 1. The molecular weight excluding hydrogens is 442 g/mol. The molecule has 0 fully saturated rings. The Morgan fingerprint density at radius 1 is 1.00 bits per heavy atom. The highest BCUT2D eigenvalue weighted by Crippen LogP contribution is 2.34. The standard InChI is InChI=1S/C27H29N5O3/c1-16-8-6-9-17(2)22(16)29-25-23(19-11-13-20(14-12-19)31(4)5)30-24-21(10-7-15-32(24)25)26(33)28-18(3)27(34)35/h6-15,18,29H,1-5H3,(H,28,33)(H,34,35). The van der Waals surface area contributed by atoms with Crippen molar-refractivity contribution < 1.29 is 14.7 Å². The summed E-state index contributed by atoms with van der Waals surface area (Å²) in [6, 6.07) is 16.5. The van der Waals surface area contributed by atoms with Crippen molar-refractivity contribution in [3.63, 3.8) is 0 Å². The van der Waals surface area contributed by atoms with Crippen molar-refractivity contribution in [3.8, 4) is 11.3 Å². The Labute approximate surface area is 204 Å². The summed E-state index contributed by atoms with van der Waals surface area (Å²) < 4.78 is 1.83. The zero-order valence-corrected chi connectivity index (χ0v) is 20.5. The fraction of sp³-hybridized carbons (Fsp3) is 0.222. The Balaban J connectivity index is 1.90. The summed E-state index contributed by atoms with van der Waals surface area (Å²) >= 11 is 0. The van der Waals surface area contributed by atoms with E-state index in [0.29, 0.717) is 16.9 Å². The monoisotopic (exact) mass is 471 g/mol. The van der Waals surface area contributed by atoms with E-state index in [1.807, 2.05) is 85.9 Å². The van der Waals surface area contributed by atoms with Gasteiger partial charge in [-0.3, -0.25) is 14.0 Å². The van der Waals surface area contributed by atoms with Gasteiger partial charge in [-0.1, -0.05) is 30.3 Å². The van der Waals surface area contributed by atoms with E-state index in [1.54, 1.807) is 12.1 Å². The normalized spacial score (nSPS) is 11.8. The first-order chi connectivity index (χ1) is 16.7. The number of carboxylic acids is 1. The molecule has 3 N–H and O–H groups in total. The number of nitrogens with one attached hydrogen (secondary N) is 2. The van der Waals surface area contributed by atoms with Crippen LogP contribution < -0.4 is 15.5 Å². The van der Waals surface area contributed by atoms with Crippen LogP contribution in [0.2, 0.25) is 0 Å². The quantitative estimate of drug-likeness (QED) is 0.363. The summed E-state index contributed by atoms with van der Waals surface area (Å²) in [5, 5.41) is 15.3. The summed E-state index contributed by atoms with van der Waals surface area (Å²) in [6.07, 6.45) is 1.84. The number of hydrogen-bond donors (Lipinski definition) is 3. The molecule has 0 radical (unpaired) electrons. The van der Waals surface area contributed by atoms with Gasteiger partial charge in [0.15, 0.2) is 5.65 Å². The number of carbonyl (C=O) groups excluding carboxylic acids is 1. The molecule has 4 rings (SSSR count). The number of rotatable bonds is 7. The number of imidazole rings is 1. The average molecular weight is 472 g/mol. The highest BCUT2D eigenvalue weighted by atomic mass is 16.4. The molecule has 1 unspecified atom stereocenters. The van der Waals surface area contributed by atoms with Gasteiger partial charge >= 0.3 is 5.97 Å². The summed E-state index contributed by atoms with van der Waals surface area (Å²) in [4.78, 5) is 31.1. The third-order valence-corrected chi connectivity index (χ3v) is 5.99. The Hall–Kier alpha value is -4.33. The lowest BCUT2D eigenvalue weighted by molar-refractivity contribution is -0.138. The SMILES string of the molecule is Cc1cccc(C)c1Nc1c(-c2ccc(N(C)C)cc2)nc2c(C(=O)NC(C)C(=O)O)cccn12. The van der Waals surface area contributed by atoms with Gasteiger partial charge in [0, 0.05) is 37.2 Å². The molecule has 0 saturated carbocycles. The van der Waals surface area contributed by atoms with Crippen molar-refractivity contribution in [1.29, 1.82) is 0 Å². The molecule has 35 heavy (non-hydrogen) atoms. The van der Waals surface area contributed by atoms with Gasteiger partial charge in [0.05, 0.1) is 5.56 Å². The van der Waals surface area contributed by atoms with Crippen LogP contribution in [0.4, 0.5) is 17.2 Å². The lowest BCUT2D eigenvalue weighted by Crippen LogP contribution is -2.38. The van der Waals surface area contributed by atoms with Crippen molar-refractivity contribution in [2.24, 2.45) is 0 Å². The second-order valence-corrected chi connectivity index (χ2v) is 8.79. The number of aromatic nitrogens is 2. The molecule has 0 aliphatic heterocycles. The molecular formula is C27H29N5O3. The number of hydrogen-bond acceptors (Lipinski definition) is 5. The van der Waals surface area contributed by atoms with Crippen molar-refractivity contribution in [2.45, 2.75) is 26.8 Å². The fourth-order valence-electron chi connectivity index (χ4n) is 3.95. The zero-order chi connectivity index (χ0) is 25.3. The van der Waals surface area contributed by atoms with Crippen LogP contribution in [0.15, 0.2) is 60.8 Å². The maximum Gasteiger partial charge on any atom is 0.325 e. The van der Waals surface area contributed by atoms with E-state index in [2.05, 4.69) is 10.6 Å². The number of carbonyl (C=O) groups is 2. The zero-order valence-electron chi connectivity index (χ0n) is 20.5. The van der Waals surface area contributed by atoms with E-state index in [-0.39, 0.29) is 0 Å². The van der Waals surface area contributed by atoms with Crippen LogP contribution in [0.5, 0.6) is 0 Å². The van der Waals surface area contributed by atoms with E-state index < -0.39 is 17.9 Å². The average Bonchev–Trinajstić information content (AvgIpc) is 3.19. The van der Waals surface area contributed by atoms with Crippen LogP contribution in [0.25, 0.3) is 16.9 Å². The maximum atomic E-state index is 13.0. The second kappa shape index (κ2) is 9.50. The smallest absolute Gasteiger partial charge is 0.325 e. The molecule has 1 atom stereocenters. The Kier molecular flexibility index (Phi) is 6.46. The maximum absolute atomic E-state index is 13.0. The molecule has 0 saturated heterocycles. The fourth-order valence-corrected chi connectivity index (χ4v) is 3.95. The molecule has 180 valence electrons. The summed E-state index contributed by atoms with van der Waals surface area (Å²) in [5.41, 5.74) is 6.49. The van der Waals surface area contributed by atoms with Crippen LogP contribution in [-0.4, -0.2) is 46.5 Å². The van der Waals surface area contributed by atoms with Crippen LogP contribution in [0.1, 0.15) is 28.4 Å². The lowest BCUT2D eigenvalue weighted by Gasteiger charge is -2.15. The second-order valence-electron chi connectivity index (χ2n) is 8.79. The summed E-state index contributed by atoms with van der Waals surface area (Å²) in [5.74, 6) is -0.882. The molecule has 0 spiro atoms. The first kappa shape index (κ1) is 23.8. The van der Waals surface area contributed by atoms with Crippen LogP contribution in [-0.2, 0) is 4.79 Å². The molecule has 8 heteroatoms. The lowest BCUT2D eigenvalue weighted by atomic mass is 10.1. The van der Waals surface area contributed by atoms with Crippen molar-refractivity contribution in [1.82, 2.24) is 14.7 Å². The number of fused-ring (bicyclic) bond motifs is 1. The number of pyridine rings is 1. The minimum Gasteiger partial charge on any atom is -0.480 e. The predicted molar refractivity (Wildman–Crippen MR) is 139 cm³/mol. The number of anilines is 3. The van der Waals surface area contributed by atoms with Gasteiger partial charge in [0.25, 0.3) is 5.91 Å². The molecule has 2 aromatic heterocycles. The van der Waals surface area contributed by atoms with Gasteiger partial charge < -0.3 is 20.6 Å². The van der Waals surface area contributed by atoms with E-state index in [4.69, 9.17) is 4.98 Å². The number of para-hydroxylation sites is 1. The van der Waals surface area contributed by atoms with E-state index in [0.717, 1.165) is 33.9 Å². The number of nitrogens with zero attached hydrogens (tertiary/aromatic N) is 3. The Morgan fingerprint density at radius 3 is 2.26 bits per heavy atom. The molecule has 8 nitrogen and oxygen atoms in total. The van der Waals surface area contributed by atoms with Gasteiger partial charge in [-0.05, 0) is 56.2 Å². The molecule has 4 aromatic rings. The molecule has 2 aromatic carbocycles. The third-order valence-electron chi connectivity index (χ3n) is 5.99. The van der Waals surface area contributed by atoms with Gasteiger partial charge in [0.2, 0.25) is 0 Å². The molecule has 1 amide bonds.